The highest BCUT2D eigenvalue weighted by molar-refractivity contribution is 6.48. The van der Waals surface area contributed by atoms with Crippen LogP contribution in [-0.4, -0.2) is 4.33 Å². The number of alkyl halides is 2. The lowest BCUT2D eigenvalue weighted by atomic mass is 10.3. The van der Waals surface area contributed by atoms with Crippen LogP contribution in [0, 0.1) is 5.92 Å². The summed E-state index contributed by atoms with van der Waals surface area (Å²) in [4.78, 5) is 0. The van der Waals surface area contributed by atoms with Crippen molar-refractivity contribution in [2.45, 2.75) is 24.1 Å². The minimum absolute atomic E-state index is 0.444. The van der Waals surface area contributed by atoms with Crippen molar-refractivity contribution in [1.82, 2.24) is 0 Å². The van der Waals surface area contributed by atoms with Crippen LogP contribution in [0.15, 0.2) is 0 Å². The van der Waals surface area contributed by atoms with Gasteiger partial charge in [0.1, 0.15) is 4.33 Å². The summed E-state index contributed by atoms with van der Waals surface area (Å²) in [6.45, 7) is 1.85. The van der Waals surface area contributed by atoms with Crippen LogP contribution in [0.5, 0.6) is 0 Å². The van der Waals surface area contributed by atoms with Crippen molar-refractivity contribution < 1.29 is 0 Å². The molecule has 2 heteroatoms. The van der Waals surface area contributed by atoms with Gasteiger partial charge in [-0.25, -0.2) is 0 Å². The molecule has 0 amide bonds. The Morgan fingerprint density at radius 1 is 1.43 bits per heavy atom. The Labute approximate surface area is 53.8 Å². The van der Waals surface area contributed by atoms with E-state index in [-0.39, 0.29) is 0 Å². The molecule has 0 unspecified atom stereocenters. The average molecular weight is 139 g/mol. The Morgan fingerprint density at radius 3 is 1.86 bits per heavy atom. The van der Waals surface area contributed by atoms with E-state index in [0.717, 1.165) is 0 Å². The molecular formula is C5H8Cl2. The molecule has 0 bridgehead atoms. The second-order valence-electron chi connectivity index (χ2n) is 2.23. The fourth-order valence-corrected chi connectivity index (χ4v) is 1.03. The van der Waals surface area contributed by atoms with Gasteiger partial charge in [0.05, 0.1) is 0 Å². The lowest BCUT2D eigenvalue weighted by Crippen LogP contribution is -2.07. The van der Waals surface area contributed by atoms with Gasteiger partial charge in [-0.2, -0.15) is 0 Å². The largest absolute Gasteiger partial charge is 0.118 e. The van der Waals surface area contributed by atoms with Gasteiger partial charge in [0.15, 0.2) is 0 Å². The van der Waals surface area contributed by atoms with E-state index in [1.165, 1.54) is 12.8 Å². The first-order chi connectivity index (χ1) is 3.11. The Hall–Kier alpha value is 0.580. The molecule has 0 aromatic rings. The molecular weight excluding hydrogens is 131 g/mol. The first-order valence-corrected chi connectivity index (χ1v) is 3.24. The molecule has 0 aromatic carbocycles. The van der Waals surface area contributed by atoms with Crippen molar-refractivity contribution in [2.24, 2.45) is 5.92 Å². The maximum atomic E-state index is 5.70. The molecule has 0 aliphatic heterocycles. The van der Waals surface area contributed by atoms with Crippen LogP contribution in [0.4, 0.5) is 0 Å². The molecule has 1 fully saturated rings. The maximum Gasteiger partial charge on any atom is 0.118 e. The number of hydrogen-bond donors (Lipinski definition) is 0. The second kappa shape index (κ2) is 1.53. The Bertz CT molecular complexity index is 68.6. The number of hydrogen-bond acceptors (Lipinski definition) is 0. The lowest BCUT2D eigenvalue weighted by molar-refractivity contribution is 0.741. The third-order valence-electron chi connectivity index (χ3n) is 1.29. The lowest BCUT2D eigenvalue weighted by Gasteiger charge is -2.08. The second-order valence-corrected chi connectivity index (χ2v) is 3.99. The van der Waals surface area contributed by atoms with E-state index in [9.17, 15) is 0 Å². The molecule has 0 aromatic heterocycles. The van der Waals surface area contributed by atoms with E-state index in [2.05, 4.69) is 0 Å². The Morgan fingerprint density at radius 2 is 1.86 bits per heavy atom. The summed E-state index contributed by atoms with van der Waals surface area (Å²) in [6, 6.07) is 0. The fourth-order valence-electron chi connectivity index (χ4n) is 0.590. The molecule has 0 heterocycles. The molecule has 7 heavy (non-hydrogen) atoms. The highest BCUT2D eigenvalue weighted by Gasteiger charge is 2.37. The maximum absolute atomic E-state index is 5.70. The van der Waals surface area contributed by atoms with Gasteiger partial charge >= 0.3 is 0 Å². The Kier molecular flexibility index (Phi) is 1.25. The predicted molar refractivity (Wildman–Crippen MR) is 32.8 cm³/mol. The van der Waals surface area contributed by atoms with Gasteiger partial charge in [0.2, 0.25) is 0 Å². The molecule has 42 valence electrons. The summed E-state index contributed by atoms with van der Waals surface area (Å²) >= 11 is 11.4. The van der Waals surface area contributed by atoms with Crippen molar-refractivity contribution in [3.63, 3.8) is 0 Å². The van der Waals surface area contributed by atoms with Crippen molar-refractivity contribution in [1.29, 1.82) is 0 Å². The SMILES string of the molecule is CC(Cl)(Cl)C1CC1. The zero-order chi connectivity index (χ0) is 5.49. The van der Waals surface area contributed by atoms with E-state index in [0.29, 0.717) is 5.92 Å². The van der Waals surface area contributed by atoms with E-state index >= 15 is 0 Å². The molecule has 1 saturated carbocycles. The molecule has 0 saturated heterocycles. The van der Waals surface area contributed by atoms with E-state index in [4.69, 9.17) is 23.2 Å². The summed E-state index contributed by atoms with van der Waals surface area (Å²) in [7, 11) is 0. The van der Waals surface area contributed by atoms with Crippen LogP contribution in [0.2, 0.25) is 0 Å². The van der Waals surface area contributed by atoms with Gasteiger partial charge in [0.25, 0.3) is 0 Å². The smallest absolute Gasteiger partial charge is 0.102 e. The molecule has 0 radical (unpaired) electrons. The number of halogens is 2. The number of rotatable bonds is 1. The quantitative estimate of drug-likeness (QED) is 0.489. The minimum atomic E-state index is -0.444. The third-order valence-corrected chi connectivity index (χ3v) is 1.91. The first kappa shape index (κ1) is 5.71. The summed E-state index contributed by atoms with van der Waals surface area (Å²) < 4.78 is -0.444. The highest BCUT2D eigenvalue weighted by Crippen LogP contribution is 2.45. The molecule has 1 aliphatic carbocycles. The molecule has 0 atom stereocenters. The highest BCUT2D eigenvalue weighted by atomic mass is 35.5. The summed E-state index contributed by atoms with van der Waals surface area (Å²) in [5, 5.41) is 0. The van der Waals surface area contributed by atoms with Gasteiger partial charge in [0, 0.05) is 0 Å². The van der Waals surface area contributed by atoms with Crippen molar-refractivity contribution in [3.8, 4) is 0 Å². The molecule has 0 spiro atoms. The predicted octanol–water partition coefficient (Wildman–Crippen LogP) is 2.59. The zero-order valence-corrected chi connectivity index (χ0v) is 5.76. The minimum Gasteiger partial charge on any atom is -0.102 e. The van der Waals surface area contributed by atoms with Crippen LogP contribution in [0.25, 0.3) is 0 Å². The summed E-state index contributed by atoms with van der Waals surface area (Å²) in [6.07, 6.45) is 2.42. The molecule has 1 aliphatic rings. The van der Waals surface area contributed by atoms with Gasteiger partial charge in [-0.3, -0.25) is 0 Å². The van der Waals surface area contributed by atoms with Crippen molar-refractivity contribution in [3.05, 3.63) is 0 Å². The third kappa shape index (κ3) is 1.50. The fraction of sp³-hybridized carbons (Fsp3) is 1.00. The van der Waals surface area contributed by atoms with E-state index in [1.54, 1.807) is 0 Å². The zero-order valence-electron chi connectivity index (χ0n) is 4.25. The van der Waals surface area contributed by atoms with Crippen molar-refractivity contribution in [2.75, 3.05) is 0 Å². The Balaban J connectivity index is 2.36. The van der Waals surface area contributed by atoms with Gasteiger partial charge in [-0.15, -0.1) is 23.2 Å². The standard InChI is InChI=1S/C5H8Cl2/c1-5(6,7)4-2-3-4/h4H,2-3H2,1H3. The van der Waals surface area contributed by atoms with Gasteiger partial charge in [-0.1, -0.05) is 0 Å². The summed E-state index contributed by atoms with van der Waals surface area (Å²) in [5.74, 6) is 0.579. The van der Waals surface area contributed by atoms with Crippen LogP contribution >= 0.6 is 23.2 Å². The monoisotopic (exact) mass is 138 g/mol. The van der Waals surface area contributed by atoms with Crippen LogP contribution < -0.4 is 0 Å². The van der Waals surface area contributed by atoms with E-state index in [1.807, 2.05) is 6.92 Å². The first-order valence-electron chi connectivity index (χ1n) is 2.48. The molecule has 1 rings (SSSR count). The normalized spacial score (nSPS) is 22.7. The van der Waals surface area contributed by atoms with Gasteiger partial charge in [-0.05, 0) is 25.7 Å². The van der Waals surface area contributed by atoms with Crippen LogP contribution in [0.3, 0.4) is 0 Å². The van der Waals surface area contributed by atoms with Crippen LogP contribution in [-0.2, 0) is 0 Å². The van der Waals surface area contributed by atoms with Crippen LogP contribution in [0.1, 0.15) is 19.8 Å². The molecule has 0 nitrogen and oxygen atoms in total. The van der Waals surface area contributed by atoms with Gasteiger partial charge < -0.3 is 0 Å². The average Bonchev–Trinajstić information content (AvgIpc) is 1.99. The topological polar surface area (TPSA) is 0 Å². The van der Waals surface area contributed by atoms with E-state index < -0.39 is 4.33 Å². The molecule has 0 N–H and O–H groups in total. The summed E-state index contributed by atoms with van der Waals surface area (Å²) in [5.41, 5.74) is 0. The van der Waals surface area contributed by atoms with Crippen molar-refractivity contribution >= 4 is 23.2 Å².